The monoisotopic (exact) mass is 278 g/mol. The summed E-state index contributed by atoms with van der Waals surface area (Å²) in [5.41, 5.74) is 0.831. The molecule has 1 aromatic rings. The van der Waals surface area contributed by atoms with E-state index >= 15 is 0 Å². The number of hydrogen-bond acceptors (Lipinski definition) is 6. The number of aromatic nitrogens is 1. The summed E-state index contributed by atoms with van der Waals surface area (Å²) in [5, 5.41) is 3.84. The minimum absolute atomic E-state index is 0.000502. The van der Waals surface area contributed by atoms with E-state index in [1.165, 1.54) is 17.6 Å². The Balaban J connectivity index is 2.86. The minimum atomic E-state index is -3.03. The van der Waals surface area contributed by atoms with Crippen LogP contribution in [0.3, 0.4) is 0 Å². The van der Waals surface area contributed by atoms with E-state index < -0.39 is 9.84 Å². The lowest BCUT2D eigenvalue weighted by Crippen LogP contribution is -2.12. The van der Waals surface area contributed by atoms with Crippen molar-refractivity contribution in [3.8, 4) is 0 Å². The summed E-state index contributed by atoms with van der Waals surface area (Å²) in [4.78, 5) is 5.36. The SMILES string of the molecule is CCNCc1sc(CS(C)(=O)=O)nc1COC. The van der Waals surface area contributed by atoms with E-state index in [9.17, 15) is 8.42 Å². The fourth-order valence-electron chi connectivity index (χ4n) is 1.35. The van der Waals surface area contributed by atoms with Crippen LogP contribution < -0.4 is 5.32 Å². The molecule has 0 unspecified atom stereocenters. The maximum Gasteiger partial charge on any atom is 0.153 e. The summed E-state index contributed by atoms with van der Waals surface area (Å²) in [5.74, 6) is 0.000502. The number of thiazole rings is 1. The zero-order valence-electron chi connectivity index (χ0n) is 10.3. The molecule has 0 saturated carbocycles. The summed E-state index contributed by atoms with van der Waals surface area (Å²) in [6.45, 7) is 4.01. The van der Waals surface area contributed by atoms with Crippen LogP contribution in [0.1, 0.15) is 22.5 Å². The Bertz CT molecular complexity index is 454. The molecule has 5 nitrogen and oxygen atoms in total. The van der Waals surface area contributed by atoms with Crippen molar-refractivity contribution < 1.29 is 13.2 Å². The molecule has 1 aromatic heterocycles. The maximum absolute atomic E-state index is 11.2. The van der Waals surface area contributed by atoms with Crippen molar-refractivity contribution >= 4 is 21.2 Å². The van der Waals surface area contributed by atoms with Gasteiger partial charge >= 0.3 is 0 Å². The van der Waals surface area contributed by atoms with Gasteiger partial charge in [0, 0.05) is 24.8 Å². The molecule has 98 valence electrons. The molecule has 1 rings (SSSR count). The Labute approximate surface area is 106 Å². The molecule has 0 spiro atoms. The highest BCUT2D eigenvalue weighted by Crippen LogP contribution is 2.21. The third kappa shape index (κ3) is 5.12. The summed E-state index contributed by atoms with van der Waals surface area (Å²) < 4.78 is 27.5. The molecule has 0 saturated heterocycles. The summed E-state index contributed by atoms with van der Waals surface area (Å²) >= 11 is 1.43. The van der Waals surface area contributed by atoms with Crippen LogP contribution in [-0.4, -0.2) is 33.3 Å². The normalized spacial score (nSPS) is 11.9. The third-order valence-electron chi connectivity index (χ3n) is 2.02. The van der Waals surface area contributed by atoms with Crippen LogP contribution in [-0.2, 0) is 33.5 Å². The largest absolute Gasteiger partial charge is 0.378 e. The lowest BCUT2D eigenvalue weighted by Gasteiger charge is -2.00. The summed E-state index contributed by atoms with van der Waals surface area (Å²) in [6.07, 6.45) is 1.22. The number of hydrogen-bond donors (Lipinski definition) is 1. The van der Waals surface area contributed by atoms with Crippen molar-refractivity contribution in [1.82, 2.24) is 10.3 Å². The second kappa shape index (κ2) is 6.44. The quantitative estimate of drug-likeness (QED) is 0.804. The molecule has 0 atom stereocenters. The van der Waals surface area contributed by atoms with Crippen molar-refractivity contribution in [2.24, 2.45) is 0 Å². The number of sulfone groups is 1. The molecule has 0 aliphatic heterocycles. The van der Waals surface area contributed by atoms with Crippen LogP contribution in [0, 0.1) is 0 Å². The number of nitrogens with one attached hydrogen (secondary N) is 1. The lowest BCUT2D eigenvalue weighted by atomic mass is 10.3. The van der Waals surface area contributed by atoms with Gasteiger partial charge in [0.1, 0.15) is 10.8 Å². The first-order valence-corrected chi connectivity index (χ1v) is 8.18. The van der Waals surface area contributed by atoms with E-state index in [0.29, 0.717) is 18.2 Å². The van der Waals surface area contributed by atoms with Gasteiger partial charge in [-0.05, 0) is 6.54 Å². The van der Waals surface area contributed by atoms with Crippen molar-refractivity contribution in [3.63, 3.8) is 0 Å². The van der Waals surface area contributed by atoms with Gasteiger partial charge in [0.2, 0.25) is 0 Å². The van der Waals surface area contributed by atoms with E-state index in [-0.39, 0.29) is 5.75 Å². The zero-order valence-corrected chi connectivity index (χ0v) is 11.9. The highest BCUT2D eigenvalue weighted by atomic mass is 32.2. The molecule has 1 heterocycles. The molecule has 0 bridgehead atoms. The van der Waals surface area contributed by atoms with E-state index in [2.05, 4.69) is 10.3 Å². The van der Waals surface area contributed by atoms with Gasteiger partial charge in [0.15, 0.2) is 9.84 Å². The Morgan fingerprint density at radius 3 is 2.71 bits per heavy atom. The Morgan fingerprint density at radius 2 is 2.18 bits per heavy atom. The first-order valence-electron chi connectivity index (χ1n) is 5.31. The third-order valence-corrected chi connectivity index (χ3v) is 4.10. The number of rotatable bonds is 7. The van der Waals surface area contributed by atoms with E-state index in [1.54, 1.807) is 7.11 Å². The molecule has 0 aromatic carbocycles. The van der Waals surface area contributed by atoms with Crippen LogP contribution in [0.5, 0.6) is 0 Å². The average Bonchev–Trinajstić information content (AvgIpc) is 2.55. The van der Waals surface area contributed by atoms with E-state index in [0.717, 1.165) is 17.1 Å². The predicted octanol–water partition coefficient (Wildman–Crippen LogP) is 0.944. The van der Waals surface area contributed by atoms with Crippen LogP contribution in [0.2, 0.25) is 0 Å². The summed E-state index contributed by atoms with van der Waals surface area (Å²) in [7, 11) is -1.43. The Morgan fingerprint density at radius 1 is 1.47 bits per heavy atom. The van der Waals surface area contributed by atoms with Crippen LogP contribution in [0.15, 0.2) is 0 Å². The zero-order chi connectivity index (χ0) is 12.9. The van der Waals surface area contributed by atoms with Crippen LogP contribution >= 0.6 is 11.3 Å². The molecule has 0 radical (unpaired) electrons. The van der Waals surface area contributed by atoms with Gasteiger partial charge in [0.05, 0.1) is 12.3 Å². The molecule has 0 fully saturated rings. The van der Waals surface area contributed by atoms with Gasteiger partial charge in [-0.2, -0.15) is 0 Å². The lowest BCUT2D eigenvalue weighted by molar-refractivity contribution is 0.181. The number of nitrogens with zero attached hydrogens (tertiary/aromatic N) is 1. The fraction of sp³-hybridized carbons (Fsp3) is 0.700. The molecular weight excluding hydrogens is 260 g/mol. The van der Waals surface area contributed by atoms with Gasteiger partial charge in [-0.15, -0.1) is 11.3 Å². The molecular formula is C10H18N2O3S2. The molecule has 7 heteroatoms. The Kier molecular flexibility index (Phi) is 5.51. The molecule has 0 amide bonds. The molecule has 0 aliphatic rings. The second-order valence-electron chi connectivity index (χ2n) is 3.76. The first-order chi connectivity index (χ1) is 7.96. The van der Waals surface area contributed by atoms with Crippen molar-refractivity contribution in [1.29, 1.82) is 0 Å². The van der Waals surface area contributed by atoms with Gasteiger partial charge in [0.25, 0.3) is 0 Å². The minimum Gasteiger partial charge on any atom is -0.378 e. The summed E-state index contributed by atoms with van der Waals surface area (Å²) in [6, 6.07) is 0. The van der Waals surface area contributed by atoms with Gasteiger partial charge in [-0.25, -0.2) is 13.4 Å². The maximum atomic E-state index is 11.2. The van der Waals surface area contributed by atoms with Gasteiger partial charge in [-0.1, -0.05) is 6.92 Å². The van der Waals surface area contributed by atoms with Crippen molar-refractivity contribution in [3.05, 3.63) is 15.6 Å². The smallest absolute Gasteiger partial charge is 0.153 e. The molecule has 1 N–H and O–H groups in total. The van der Waals surface area contributed by atoms with Gasteiger partial charge in [-0.3, -0.25) is 0 Å². The van der Waals surface area contributed by atoms with Gasteiger partial charge < -0.3 is 10.1 Å². The predicted molar refractivity (Wildman–Crippen MR) is 68.8 cm³/mol. The Hall–Kier alpha value is -0.500. The highest BCUT2D eigenvalue weighted by Gasteiger charge is 2.14. The fourth-order valence-corrected chi connectivity index (χ4v) is 3.58. The number of methoxy groups -OCH3 is 1. The van der Waals surface area contributed by atoms with E-state index in [4.69, 9.17) is 4.74 Å². The standard InChI is InChI=1S/C10H18N2O3S2/c1-4-11-5-9-8(6-15-2)12-10(16-9)7-17(3,13)14/h11H,4-7H2,1-3H3. The molecule has 0 aliphatic carbocycles. The number of ether oxygens (including phenoxy) is 1. The van der Waals surface area contributed by atoms with Crippen molar-refractivity contribution in [2.45, 2.75) is 25.8 Å². The molecule has 17 heavy (non-hydrogen) atoms. The highest BCUT2D eigenvalue weighted by molar-refractivity contribution is 7.90. The second-order valence-corrected chi connectivity index (χ2v) is 7.07. The van der Waals surface area contributed by atoms with Crippen LogP contribution in [0.4, 0.5) is 0 Å². The average molecular weight is 278 g/mol. The van der Waals surface area contributed by atoms with Crippen molar-refractivity contribution in [2.75, 3.05) is 19.9 Å². The van der Waals surface area contributed by atoms with Crippen LogP contribution in [0.25, 0.3) is 0 Å². The first kappa shape index (κ1) is 14.6. The topological polar surface area (TPSA) is 68.3 Å². The van der Waals surface area contributed by atoms with E-state index in [1.807, 2.05) is 6.92 Å².